The summed E-state index contributed by atoms with van der Waals surface area (Å²) in [5, 5.41) is 4.37. The minimum Gasteiger partial charge on any atom is -0.496 e. The van der Waals surface area contributed by atoms with E-state index in [9.17, 15) is 9.59 Å². The second-order valence-corrected chi connectivity index (χ2v) is 11.5. The number of ether oxygens (including phenoxy) is 1. The van der Waals surface area contributed by atoms with E-state index in [1.807, 2.05) is 83.4 Å². The molecule has 3 aromatic carbocycles. The summed E-state index contributed by atoms with van der Waals surface area (Å²) in [6, 6.07) is 25.6. The first kappa shape index (κ1) is 25.7. The number of methoxy groups -OCH3 is 1. The molecule has 2 amide bonds. The van der Waals surface area contributed by atoms with Gasteiger partial charge in [0.2, 0.25) is 0 Å². The van der Waals surface area contributed by atoms with E-state index in [2.05, 4.69) is 21.2 Å². The van der Waals surface area contributed by atoms with Crippen LogP contribution in [-0.2, 0) is 23.4 Å². The van der Waals surface area contributed by atoms with Crippen molar-refractivity contribution in [3.05, 3.63) is 100 Å². The number of carbonyl (C=O) groups is 2. The fraction of sp³-hybridized carbons (Fsp3) is 0.312. The molecular weight excluding hydrogens is 554 g/mol. The number of halogens is 1. The molecule has 7 heteroatoms. The summed E-state index contributed by atoms with van der Waals surface area (Å²) < 4.78 is 8.60. The van der Waals surface area contributed by atoms with Crippen LogP contribution < -0.4 is 10.1 Å². The van der Waals surface area contributed by atoms with Crippen LogP contribution in [0.15, 0.2) is 83.3 Å². The highest BCUT2D eigenvalue weighted by molar-refractivity contribution is 9.10. The molecule has 0 radical (unpaired) electrons. The molecule has 1 saturated carbocycles. The van der Waals surface area contributed by atoms with E-state index in [1.54, 1.807) is 12.0 Å². The van der Waals surface area contributed by atoms with Crippen molar-refractivity contribution in [3.8, 4) is 5.75 Å². The van der Waals surface area contributed by atoms with Gasteiger partial charge in [0, 0.05) is 27.0 Å². The summed E-state index contributed by atoms with van der Waals surface area (Å²) in [6.07, 6.45) is 5.33. The Balaban J connectivity index is 1.56. The number of amides is 2. The number of hydrogen-bond acceptors (Lipinski definition) is 3. The summed E-state index contributed by atoms with van der Waals surface area (Å²) in [6.45, 7) is 0.538. The summed E-state index contributed by atoms with van der Waals surface area (Å²) in [4.78, 5) is 31.0. The highest BCUT2D eigenvalue weighted by Crippen LogP contribution is 2.41. The predicted molar refractivity (Wildman–Crippen MR) is 156 cm³/mol. The first-order valence-electron chi connectivity index (χ1n) is 13.6. The van der Waals surface area contributed by atoms with E-state index in [0.29, 0.717) is 18.0 Å². The van der Waals surface area contributed by atoms with Gasteiger partial charge in [0.05, 0.1) is 20.2 Å². The lowest BCUT2D eigenvalue weighted by molar-refractivity contribution is -0.136. The molecule has 1 aliphatic carbocycles. The van der Waals surface area contributed by atoms with Crippen LogP contribution in [-0.4, -0.2) is 34.4 Å². The third-order valence-corrected chi connectivity index (χ3v) is 8.75. The van der Waals surface area contributed by atoms with Gasteiger partial charge >= 0.3 is 0 Å². The summed E-state index contributed by atoms with van der Waals surface area (Å²) in [5.41, 5.74) is 1.91. The summed E-state index contributed by atoms with van der Waals surface area (Å²) in [5.74, 6) is 0.361. The Bertz CT molecular complexity index is 1530. The predicted octanol–water partition coefficient (Wildman–Crippen LogP) is 6.41. The lowest BCUT2D eigenvalue weighted by atomic mass is 9.83. The molecule has 2 heterocycles. The molecule has 1 N–H and O–H groups in total. The van der Waals surface area contributed by atoms with Crippen molar-refractivity contribution in [3.63, 3.8) is 0 Å². The molecule has 0 saturated heterocycles. The van der Waals surface area contributed by atoms with Crippen molar-refractivity contribution in [2.45, 2.75) is 56.8 Å². The zero-order chi connectivity index (χ0) is 27.0. The summed E-state index contributed by atoms with van der Waals surface area (Å²) in [7, 11) is 1.63. The Labute approximate surface area is 237 Å². The number of fused-ring (bicyclic) bond motifs is 3. The standard InChI is InChI=1S/C32H32BrN3O3/c1-39-29-17-16-25(33)18-23(29)20-36-30(37)28-19-22-10-8-9-15-27(22)35(28)21-32(36,24-11-4-2-5-12-24)31(38)34-26-13-6-3-7-14-26/h2,4-5,8-12,15-19,26H,3,6-7,13-14,20-21H2,1H3,(H,34,38)/t32-/m1/s1. The third kappa shape index (κ3) is 4.52. The Morgan fingerprint density at radius 2 is 1.74 bits per heavy atom. The molecule has 1 aliphatic heterocycles. The van der Waals surface area contributed by atoms with E-state index < -0.39 is 5.54 Å². The Hall–Kier alpha value is -3.58. The largest absolute Gasteiger partial charge is 0.496 e. The highest BCUT2D eigenvalue weighted by atomic mass is 79.9. The SMILES string of the molecule is COc1ccc(Br)cc1CN1C(=O)c2cc3ccccc3n2C[C@]1(C(=O)NC1CCCCC1)c1ccccc1. The van der Waals surface area contributed by atoms with Crippen molar-refractivity contribution in [2.24, 2.45) is 0 Å². The number of rotatable bonds is 6. The van der Waals surface area contributed by atoms with Gasteiger partial charge < -0.3 is 19.5 Å². The van der Waals surface area contributed by atoms with Gasteiger partial charge in [-0.15, -0.1) is 0 Å². The zero-order valence-corrected chi connectivity index (χ0v) is 23.6. The smallest absolute Gasteiger partial charge is 0.272 e. The van der Waals surface area contributed by atoms with E-state index >= 15 is 0 Å². The molecule has 0 bridgehead atoms. The average molecular weight is 587 g/mol. The van der Waals surface area contributed by atoms with Crippen molar-refractivity contribution in [2.75, 3.05) is 7.11 Å². The maximum atomic E-state index is 14.7. The minimum absolute atomic E-state index is 0.104. The van der Waals surface area contributed by atoms with Gasteiger partial charge in [-0.3, -0.25) is 9.59 Å². The quantitative estimate of drug-likeness (QED) is 0.284. The van der Waals surface area contributed by atoms with Crippen LogP contribution in [0.2, 0.25) is 0 Å². The maximum Gasteiger partial charge on any atom is 0.272 e. The molecule has 6 nitrogen and oxygen atoms in total. The number of carbonyl (C=O) groups excluding carboxylic acids is 2. The molecule has 2 aliphatic rings. The molecule has 1 atom stereocenters. The molecule has 4 aromatic rings. The van der Waals surface area contributed by atoms with Crippen LogP contribution in [0.4, 0.5) is 0 Å². The lowest BCUT2D eigenvalue weighted by Crippen LogP contribution is -2.64. The molecule has 6 rings (SSSR count). The van der Waals surface area contributed by atoms with Crippen molar-refractivity contribution < 1.29 is 14.3 Å². The minimum atomic E-state index is -1.25. The Morgan fingerprint density at radius 1 is 1.00 bits per heavy atom. The third-order valence-electron chi connectivity index (χ3n) is 8.26. The number of nitrogens with one attached hydrogen (secondary N) is 1. The number of nitrogens with zero attached hydrogens (tertiary/aromatic N) is 2. The molecule has 0 spiro atoms. The van der Waals surface area contributed by atoms with Crippen LogP contribution >= 0.6 is 15.9 Å². The van der Waals surface area contributed by atoms with Gasteiger partial charge in [-0.1, -0.05) is 83.7 Å². The molecule has 1 aromatic heterocycles. The van der Waals surface area contributed by atoms with Crippen molar-refractivity contribution >= 4 is 38.6 Å². The Morgan fingerprint density at radius 3 is 2.51 bits per heavy atom. The number of benzene rings is 3. The fourth-order valence-electron chi connectivity index (χ4n) is 6.27. The topological polar surface area (TPSA) is 63.6 Å². The highest BCUT2D eigenvalue weighted by Gasteiger charge is 2.53. The maximum absolute atomic E-state index is 14.7. The fourth-order valence-corrected chi connectivity index (χ4v) is 6.68. The second kappa shape index (κ2) is 10.5. The molecule has 1 fully saturated rings. The zero-order valence-electron chi connectivity index (χ0n) is 22.0. The van der Waals surface area contributed by atoms with Gasteiger partial charge in [0.1, 0.15) is 11.4 Å². The van der Waals surface area contributed by atoms with Gasteiger partial charge in [0.15, 0.2) is 5.54 Å². The number of hydrogen-bond donors (Lipinski definition) is 1. The van der Waals surface area contributed by atoms with Crippen LogP contribution in [0.1, 0.15) is 53.7 Å². The van der Waals surface area contributed by atoms with E-state index in [4.69, 9.17) is 4.74 Å². The lowest BCUT2D eigenvalue weighted by Gasteiger charge is -2.47. The van der Waals surface area contributed by atoms with Crippen LogP contribution in [0.3, 0.4) is 0 Å². The number of para-hydroxylation sites is 1. The van der Waals surface area contributed by atoms with E-state index in [0.717, 1.165) is 52.2 Å². The van der Waals surface area contributed by atoms with E-state index in [-0.39, 0.29) is 24.4 Å². The second-order valence-electron chi connectivity index (χ2n) is 10.6. The van der Waals surface area contributed by atoms with Crippen molar-refractivity contribution in [1.82, 2.24) is 14.8 Å². The molecule has 39 heavy (non-hydrogen) atoms. The summed E-state index contributed by atoms with van der Waals surface area (Å²) >= 11 is 3.58. The first-order chi connectivity index (χ1) is 19.0. The van der Waals surface area contributed by atoms with Gasteiger partial charge in [-0.05, 0) is 48.7 Å². The Kier molecular flexibility index (Phi) is 6.94. The van der Waals surface area contributed by atoms with E-state index in [1.165, 1.54) is 6.42 Å². The van der Waals surface area contributed by atoms with Gasteiger partial charge in [-0.2, -0.15) is 0 Å². The first-order valence-corrected chi connectivity index (χ1v) is 14.4. The van der Waals surface area contributed by atoms with Crippen LogP contribution in [0.25, 0.3) is 10.9 Å². The normalized spacial score (nSPS) is 19.6. The van der Waals surface area contributed by atoms with Gasteiger partial charge in [-0.25, -0.2) is 0 Å². The van der Waals surface area contributed by atoms with Crippen LogP contribution in [0.5, 0.6) is 5.75 Å². The molecule has 200 valence electrons. The van der Waals surface area contributed by atoms with Crippen LogP contribution in [0, 0.1) is 0 Å². The monoisotopic (exact) mass is 585 g/mol. The molecule has 0 unspecified atom stereocenters. The number of aromatic nitrogens is 1. The van der Waals surface area contributed by atoms with Gasteiger partial charge in [0.25, 0.3) is 11.8 Å². The average Bonchev–Trinajstić information content (AvgIpc) is 3.34. The van der Waals surface area contributed by atoms with Crippen molar-refractivity contribution in [1.29, 1.82) is 0 Å². The molecular formula is C32H32BrN3O3.